The highest BCUT2D eigenvalue weighted by atomic mass is 16.5. The maximum Gasteiger partial charge on any atom is 0.295 e. The van der Waals surface area contributed by atoms with E-state index in [0.29, 0.717) is 30.9 Å². The van der Waals surface area contributed by atoms with Crippen LogP contribution in [0.4, 0.5) is 0 Å². The van der Waals surface area contributed by atoms with E-state index in [4.69, 9.17) is 4.74 Å². The molecule has 0 aliphatic carbocycles. The molecule has 1 saturated heterocycles. The molecule has 1 fully saturated rings. The Bertz CT molecular complexity index is 1010. The number of ether oxygens (including phenoxy) is 1. The molecular formula is C27H34N2O4. The Balaban J connectivity index is 2.04. The van der Waals surface area contributed by atoms with Gasteiger partial charge in [-0.1, -0.05) is 55.3 Å². The normalized spacial score (nSPS) is 17.7. The van der Waals surface area contributed by atoms with Gasteiger partial charge in [-0.3, -0.25) is 9.59 Å². The molecule has 3 rings (SSSR count). The maximum atomic E-state index is 13.1. The zero-order valence-corrected chi connectivity index (χ0v) is 20.0. The summed E-state index contributed by atoms with van der Waals surface area (Å²) < 4.78 is 5.87. The van der Waals surface area contributed by atoms with E-state index in [9.17, 15) is 14.7 Å². The van der Waals surface area contributed by atoms with Crippen LogP contribution < -0.4 is 4.74 Å². The first-order valence-electron chi connectivity index (χ1n) is 11.6. The number of aliphatic hydroxyl groups is 1. The monoisotopic (exact) mass is 450 g/mol. The van der Waals surface area contributed by atoms with E-state index in [0.717, 1.165) is 30.5 Å². The van der Waals surface area contributed by atoms with E-state index < -0.39 is 17.7 Å². The van der Waals surface area contributed by atoms with Gasteiger partial charge in [0.1, 0.15) is 11.5 Å². The molecule has 33 heavy (non-hydrogen) atoms. The molecule has 1 N–H and O–H groups in total. The number of benzene rings is 2. The summed E-state index contributed by atoms with van der Waals surface area (Å²) in [7, 11) is 3.94. The lowest BCUT2D eigenvalue weighted by Crippen LogP contribution is -2.32. The summed E-state index contributed by atoms with van der Waals surface area (Å²) in [6, 6.07) is 14.1. The van der Waals surface area contributed by atoms with Gasteiger partial charge in [-0.2, -0.15) is 0 Å². The van der Waals surface area contributed by atoms with Crippen LogP contribution >= 0.6 is 0 Å². The average Bonchev–Trinajstić information content (AvgIpc) is 3.04. The number of Topliss-reactive ketones (excluding diaryl/α,β-unsaturated/α-hetero) is 1. The van der Waals surface area contributed by atoms with Gasteiger partial charge in [-0.05, 0) is 58.1 Å². The summed E-state index contributed by atoms with van der Waals surface area (Å²) in [5, 5.41) is 11.1. The number of likely N-dealkylation sites (tertiary alicyclic amines) is 1. The van der Waals surface area contributed by atoms with Crippen molar-refractivity contribution in [1.82, 2.24) is 9.80 Å². The van der Waals surface area contributed by atoms with Crippen molar-refractivity contribution < 1.29 is 19.4 Å². The number of hydrogen-bond acceptors (Lipinski definition) is 5. The quantitative estimate of drug-likeness (QED) is 0.249. The van der Waals surface area contributed by atoms with Crippen molar-refractivity contribution in [2.45, 2.75) is 39.2 Å². The van der Waals surface area contributed by atoms with Gasteiger partial charge in [0, 0.05) is 12.1 Å². The number of ketones is 1. The van der Waals surface area contributed by atoms with Crippen LogP contribution in [0.25, 0.3) is 5.76 Å². The van der Waals surface area contributed by atoms with Crippen LogP contribution in [0.3, 0.4) is 0 Å². The van der Waals surface area contributed by atoms with E-state index >= 15 is 0 Å². The zero-order valence-electron chi connectivity index (χ0n) is 20.0. The van der Waals surface area contributed by atoms with Crippen molar-refractivity contribution in [3.05, 3.63) is 70.8 Å². The van der Waals surface area contributed by atoms with Gasteiger partial charge in [-0.15, -0.1) is 0 Å². The average molecular weight is 451 g/mol. The zero-order chi connectivity index (χ0) is 24.0. The minimum Gasteiger partial charge on any atom is -0.507 e. The molecule has 1 aliphatic heterocycles. The molecule has 0 bridgehead atoms. The van der Waals surface area contributed by atoms with Gasteiger partial charge in [0.2, 0.25) is 0 Å². The van der Waals surface area contributed by atoms with Crippen molar-refractivity contribution in [2.75, 3.05) is 33.8 Å². The lowest BCUT2D eigenvalue weighted by atomic mass is 9.95. The fraction of sp³-hybridized carbons (Fsp3) is 0.407. The summed E-state index contributed by atoms with van der Waals surface area (Å²) in [5.74, 6) is -0.689. The number of nitrogens with zero attached hydrogens (tertiary/aromatic N) is 2. The first kappa shape index (κ1) is 24.5. The molecule has 2 aromatic rings. The van der Waals surface area contributed by atoms with Gasteiger partial charge in [0.15, 0.2) is 0 Å². The lowest BCUT2D eigenvalue weighted by molar-refractivity contribution is -0.139. The number of aliphatic hydroxyl groups excluding tert-OH is 1. The fourth-order valence-electron chi connectivity index (χ4n) is 3.99. The Morgan fingerprint density at radius 2 is 1.82 bits per heavy atom. The van der Waals surface area contributed by atoms with Crippen LogP contribution in [-0.2, 0) is 9.59 Å². The fourth-order valence-corrected chi connectivity index (χ4v) is 3.99. The third-order valence-corrected chi connectivity index (χ3v) is 5.81. The highest BCUT2D eigenvalue weighted by Gasteiger charge is 2.45. The maximum absolute atomic E-state index is 13.1. The smallest absolute Gasteiger partial charge is 0.295 e. The number of unbranched alkanes of at least 4 members (excludes halogenated alkanes) is 1. The second kappa shape index (κ2) is 11.1. The molecule has 6 nitrogen and oxygen atoms in total. The Labute approximate surface area is 196 Å². The van der Waals surface area contributed by atoms with Crippen LogP contribution in [0.15, 0.2) is 54.1 Å². The third kappa shape index (κ3) is 5.82. The second-order valence-corrected chi connectivity index (χ2v) is 8.79. The number of carbonyl (C=O) groups is 2. The highest BCUT2D eigenvalue weighted by Crippen LogP contribution is 2.40. The first-order valence-corrected chi connectivity index (χ1v) is 11.6. The highest BCUT2D eigenvalue weighted by molar-refractivity contribution is 6.46. The van der Waals surface area contributed by atoms with E-state index in [-0.39, 0.29) is 11.3 Å². The van der Waals surface area contributed by atoms with Gasteiger partial charge < -0.3 is 19.6 Å². The van der Waals surface area contributed by atoms with Crippen molar-refractivity contribution in [3.8, 4) is 5.75 Å². The molecule has 6 heteroatoms. The minimum atomic E-state index is -0.664. The molecule has 0 aromatic heterocycles. The van der Waals surface area contributed by atoms with Crippen molar-refractivity contribution in [1.29, 1.82) is 0 Å². The van der Waals surface area contributed by atoms with E-state index in [1.807, 2.05) is 62.3 Å². The van der Waals surface area contributed by atoms with Crippen LogP contribution in [0.5, 0.6) is 5.75 Å². The molecular weight excluding hydrogens is 416 g/mol. The molecule has 0 spiro atoms. The Morgan fingerprint density at radius 1 is 1.09 bits per heavy atom. The molecule has 0 saturated carbocycles. The number of carbonyl (C=O) groups excluding carboxylic acids is 2. The molecule has 2 aromatic carbocycles. The number of aryl methyl sites for hydroxylation is 1. The predicted octanol–water partition coefficient (Wildman–Crippen LogP) is 4.55. The summed E-state index contributed by atoms with van der Waals surface area (Å²) in [6.07, 6.45) is 2.69. The van der Waals surface area contributed by atoms with Gasteiger partial charge in [0.25, 0.3) is 11.7 Å². The molecule has 0 unspecified atom stereocenters. The van der Waals surface area contributed by atoms with Gasteiger partial charge in [0.05, 0.1) is 18.2 Å². The molecule has 176 valence electrons. The van der Waals surface area contributed by atoms with E-state index in [1.165, 1.54) is 0 Å². The van der Waals surface area contributed by atoms with Crippen molar-refractivity contribution >= 4 is 17.4 Å². The molecule has 1 amide bonds. The lowest BCUT2D eigenvalue weighted by Gasteiger charge is -2.26. The Morgan fingerprint density at radius 3 is 2.48 bits per heavy atom. The summed E-state index contributed by atoms with van der Waals surface area (Å²) >= 11 is 0. The van der Waals surface area contributed by atoms with Crippen molar-refractivity contribution in [2.24, 2.45) is 0 Å². The van der Waals surface area contributed by atoms with Gasteiger partial charge in [-0.25, -0.2) is 0 Å². The minimum absolute atomic E-state index is 0.124. The largest absolute Gasteiger partial charge is 0.507 e. The van der Waals surface area contributed by atoms with Crippen LogP contribution in [-0.4, -0.2) is 60.4 Å². The van der Waals surface area contributed by atoms with Crippen LogP contribution in [0, 0.1) is 6.92 Å². The SMILES string of the molecule is CCCCOc1cccc([C@H]2C(=C(O)c3ccc(C)cc3)C(=O)C(=O)N2CCCN(C)C)c1. The topological polar surface area (TPSA) is 70.1 Å². The van der Waals surface area contributed by atoms with Crippen LogP contribution in [0.1, 0.15) is 48.9 Å². The van der Waals surface area contributed by atoms with Crippen molar-refractivity contribution in [3.63, 3.8) is 0 Å². The third-order valence-electron chi connectivity index (χ3n) is 5.81. The van der Waals surface area contributed by atoms with Gasteiger partial charge >= 0.3 is 0 Å². The summed E-state index contributed by atoms with van der Waals surface area (Å²) in [5.41, 5.74) is 2.44. The summed E-state index contributed by atoms with van der Waals surface area (Å²) in [6.45, 7) is 5.86. The molecule has 1 atom stereocenters. The predicted molar refractivity (Wildman–Crippen MR) is 130 cm³/mol. The molecule has 0 radical (unpaired) electrons. The standard InChI is InChI=1S/C27H34N2O4/c1-5-6-17-33-22-10-7-9-21(18-22)24-23(25(30)20-13-11-19(2)12-14-20)26(31)27(32)29(24)16-8-15-28(3)4/h7,9-14,18,24,30H,5-6,8,15-17H2,1-4H3/t24-/m0/s1. The summed E-state index contributed by atoms with van der Waals surface area (Å²) in [4.78, 5) is 29.8. The Hall–Kier alpha value is -3.12. The second-order valence-electron chi connectivity index (χ2n) is 8.79. The first-order chi connectivity index (χ1) is 15.8. The number of amides is 1. The van der Waals surface area contributed by atoms with E-state index in [2.05, 4.69) is 6.92 Å². The number of hydrogen-bond donors (Lipinski definition) is 1. The Kier molecular flexibility index (Phi) is 8.28. The molecule has 1 heterocycles. The van der Waals surface area contributed by atoms with E-state index in [1.54, 1.807) is 17.0 Å². The number of rotatable bonds is 10. The molecule has 1 aliphatic rings. The van der Waals surface area contributed by atoms with Crippen LogP contribution in [0.2, 0.25) is 0 Å².